The van der Waals surface area contributed by atoms with E-state index in [0.717, 1.165) is 32.5 Å². The van der Waals surface area contributed by atoms with E-state index in [9.17, 15) is 5.11 Å². The van der Waals surface area contributed by atoms with Gasteiger partial charge in [0, 0.05) is 6.04 Å². The summed E-state index contributed by atoms with van der Waals surface area (Å²) < 4.78 is 5.08. The van der Waals surface area contributed by atoms with Crippen molar-refractivity contribution in [2.45, 2.75) is 43.9 Å². The quantitative estimate of drug-likeness (QED) is 0.627. The second-order valence-corrected chi connectivity index (χ2v) is 3.92. The van der Waals surface area contributed by atoms with Gasteiger partial charge >= 0.3 is 0 Å². The monoisotopic (exact) mass is 171 g/mol. The molecule has 0 aromatic carbocycles. The third-order valence-corrected chi connectivity index (χ3v) is 2.76. The Morgan fingerprint density at radius 1 is 1.17 bits per heavy atom. The molecular formula is C9H17NO2. The van der Waals surface area contributed by atoms with Crippen molar-refractivity contribution in [3.8, 4) is 0 Å². The number of aliphatic hydroxyl groups excluding tert-OH is 1. The molecule has 2 rings (SSSR count). The average Bonchev–Trinajstić information content (AvgIpc) is 1.97. The van der Waals surface area contributed by atoms with Crippen LogP contribution in [0.3, 0.4) is 0 Å². The molecule has 12 heavy (non-hydrogen) atoms. The molecule has 0 aromatic heterocycles. The summed E-state index contributed by atoms with van der Waals surface area (Å²) >= 11 is 0. The van der Waals surface area contributed by atoms with E-state index in [0.29, 0.717) is 12.1 Å². The molecule has 70 valence electrons. The Morgan fingerprint density at radius 3 is 2.58 bits per heavy atom. The standard InChI is InChI=1S/C9H17NO2/c11-9-3-1-2-7(4-9)10-8-5-12-6-8/h7-11H,1-6H2. The molecule has 3 nitrogen and oxygen atoms in total. The van der Waals surface area contributed by atoms with Gasteiger partial charge in [-0.2, -0.15) is 0 Å². The van der Waals surface area contributed by atoms with Crippen molar-refractivity contribution < 1.29 is 9.84 Å². The molecule has 2 atom stereocenters. The van der Waals surface area contributed by atoms with Gasteiger partial charge in [-0.1, -0.05) is 0 Å². The van der Waals surface area contributed by atoms with Gasteiger partial charge in [0.1, 0.15) is 0 Å². The van der Waals surface area contributed by atoms with Crippen molar-refractivity contribution in [3.63, 3.8) is 0 Å². The van der Waals surface area contributed by atoms with Crippen LogP contribution in [0.2, 0.25) is 0 Å². The van der Waals surface area contributed by atoms with Crippen LogP contribution in [-0.4, -0.2) is 36.5 Å². The van der Waals surface area contributed by atoms with Gasteiger partial charge < -0.3 is 15.2 Å². The summed E-state index contributed by atoms with van der Waals surface area (Å²) in [5, 5.41) is 12.9. The first-order valence-electron chi connectivity index (χ1n) is 4.86. The summed E-state index contributed by atoms with van der Waals surface area (Å²) in [4.78, 5) is 0. The molecule has 2 fully saturated rings. The average molecular weight is 171 g/mol. The minimum Gasteiger partial charge on any atom is -0.393 e. The van der Waals surface area contributed by atoms with Crippen LogP contribution in [0, 0.1) is 0 Å². The predicted octanol–water partition coefficient (Wildman–Crippen LogP) is 0.278. The highest BCUT2D eigenvalue weighted by atomic mass is 16.5. The van der Waals surface area contributed by atoms with Crippen LogP contribution in [0.5, 0.6) is 0 Å². The van der Waals surface area contributed by atoms with Gasteiger partial charge in [0.05, 0.1) is 25.4 Å². The van der Waals surface area contributed by atoms with Crippen molar-refractivity contribution in [2.24, 2.45) is 0 Å². The van der Waals surface area contributed by atoms with Gasteiger partial charge in [-0.15, -0.1) is 0 Å². The van der Waals surface area contributed by atoms with E-state index in [-0.39, 0.29) is 6.10 Å². The second-order valence-electron chi connectivity index (χ2n) is 3.92. The second kappa shape index (κ2) is 3.73. The Kier molecular flexibility index (Phi) is 2.63. The molecular weight excluding hydrogens is 154 g/mol. The summed E-state index contributed by atoms with van der Waals surface area (Å²) in [5.74, 6) is 0. The third-order valence-electron chi connectivity index (χ3n) is 2.76. The van der Waals surface area contributed by atoms with Gasteiger partial charge in [0.2, 0.25) is 0 Å². The normalized spacial score (nSPS) is 37.8. The van der Waals surface area contributed by atoms with Gasteiger partial charge in [0.25, 0.3) is 0 Å². The molecule has 1 heterocycles. The Hall–Kier alpha value is -0.120. The summed E-state index contributed by atoms with van der Waals surface area (Å²) in [6.07, 6.45) is 4.22. The smallest absolute Gasteiger partial charge is 0.0643 e. The van der Waals surface area contributed by atoms with E-state index in [1.54, 1.807) is 0 Å². The van der Waals surface area contributed by atoms with Crippen LogP contribution in [0.1, 0.15) is 25.7 Å². The van der Waals surface area contributed by atoms with Crippen LogP contribution in [0.4, 0.5) is 0 Å². The first-order valence-corrected chi connectivity index (χ1v) is 4.86. The molecule has 0 aromatic rings. The SMILES string of the molecule is OC1CCCC(NC2COC2)C1. The molecule has 1 saturated heterocycles. The molecule has 0 radical (unpaired) electrons. The molecule has 0 spiro atoms. The number of rotatable bonds is 2. The van der Waals surface area contributed by atoms with Crippen LogP contribution in [-0.2, 0) is 4.74 Å². The maximum atomic E-state index is 9.41. The minimum atomic E-state index is -0.0720. The fourth-order valence-electron chi connectivity index (χ4n) is 1.98. The summed E-state index contributed by atoms with van der Waals surface area (Å²) in [7, 11) is 0. The summed E-state index contributed by atoms with van der Waals surface area (Å²) in [5.41, 5.74) is 0. The van der Waals surface area contributed by atoms with Crippen molar-refractivity contribution in [1.82, 2.24) is 5.32 Å². The van der Waals surface area contributed by atoms with Crippen molar-refractivity contribution in [3.05, 3.63) is 0 Å². The molecule has 3 heteroatoms. The van der Waals surface area contributed by atoms with E-state index in [1.165, 1.54) is 6.42 Å². The zero-order valence-electron chi connectivity index (χ0n) is 7.33. The number of aliphatic hydroxyl groups is 1. The van der Waals surface area contributed by atoms with Crippen molar-refractivity contribution in [1.29, 1.82) is 0 Å². The lowest BCUT2D eigenvalue weighted by atomic mass is 9.92. The van der Waals surface area contributed by atoms with E-state index in [2.05, 4.69) is 5.32 Å². The Bertz CT molecular complexity index is 147. The first-order chi connectivity index (χ1) is 5.84. The maximum Gasteiger partial charge on any atom is 0.0643 e. The summed E-state index contributed by atoms with van der Waals surface area (Å²) in [6, 6.07) is 1.09. The molecule has 2 aliphatic rings. The van der Waals surface area contributed by atoms with Crippen LogP contribution in [0.15, 0.2) is 0 Å². The molecule has 0 bridgehead atoms. The molecule has 1 saturated carbocycles. The predicted molar refractivity (Wildman–Crippen MR) is 46.0 cm³/mol. The lowest BCUT2D eigenvalue weighted by Gasteiger charge is -2.34. The molecule has 0 amide bonds. The fraction of sp³-hybridized carbons (Fsp3) is 1.00. The van der Waals surface area contributed by atoms with E-state index in [1.807, 2.05) is 0 Å². The molecule has 1 aliphatic carbocycles. The van der Waals surface area contributed by atoms with Gasteiger partial charge in [-0.25, -0.2) is 0 Å². The summed E-state index contributed by atoms with van der Waals surface area (Å²) in [6.45, 7) is 1.71. The molecule has 1 aliphatic heterocycles. The maximum absolute atomic E-state index is 9.41. The molecule has 2 unspecified atom stereocenters. The fourth-order valence-corrected chi connectivity index (χ4v) is 1.98. The highest BCUT2D eigenvalue weighted by Gasteiger charge is 2.25. The van der Waals surface area contributed by atoms with E-state index < -0.39 is 0 Å². The topological polar surface area (TPSA) is 41.5 Å². The lowest BCUT2D eigenvalue weighted by Crippen LogP contribution is -2.51. The highest BCUT2D eigenvalue weighted by molar-refractivity contribution is 4.83. The number of hydrogen-bond donors (Lipinski definition) is 2. The zero-order valence-corrected chi connectivity index (χ0v) is 7.33. The van der Waals surface area contributed by atoms with E-state index in [4.69, 9.17) is 4.74 Å². The minimum absolute atomic E-state index is 0.0720. The Labute approximate surface area is 73.1 Å². The van der Waals surface area contributed by atoms with Crippen LogP contribution in [0.25, 0.3) is 0 Å². The van der Waals surface area contributed by atoms with Gasteiger partial charge in [-0.05, 0) is 25.7 Å². The van der Waals surface area contributed by atoms with Crippen LogP contribution >= 0.6 is 0 Å². The van der Waals surface area contributed by atoms with Crippen molar-refractivity contribution in [2.75, 3.05) is 13.2 Å². The van der Waals surface area contributed by atoms with E-state index >= 15 is 0 Å². The first kappa shape index (κ1) is 8.48. The Morgan fingerprint density at radius 2 is 2.00 bits per heavy atom. The van der Waals surface area contributed by atoms with Crippen molar-refractivity contribution >= 4 is 0 Å². The Balaban J connectivity index is 1.71. The number of nitrogens with one attached hydrogen (secondary N) is 1. The largest absolute Gasteiger partial charge is 0.393 e. The highest BCUT2D eigenvalue weighted by Crippen LogP contribution is 2.19. The van der Waals surface area contributed by atoms with Gasteiger partial charge in [-0.3, -0.25) is 0 Å². The number of ether oxygens (including phenoxy) is 1. The molecule has 2 N–H and O–H groups in total. The lowest BCUT2D eigenvalue weighted by molar-refractivity contribution is -0.0161. The number of hydrogen-bond acceptors (Lipinski definition) is 3. The van der Waals surface area contributed by atoms with Gasteiger partial charge in [0.15, 0.2) is 0 Å². The zero-order chi connectivity index (χ0) is 8.39. The van der Waals surface area contributed by atoms with Crippen LogP contribution < -0.4 is 5.32 Å². The third kappa shape index (κ3) is 1.97.